The molecule has 0 saturated carbocycles. The Morgan fingerprint density at radius 3 is 2.20 bits per heavy atom. The van der Waals surface area contributed by atoms with Crippen LogP contribution in [0.15, 0.2) is 41.3 Å². The van der Waals surface area contributed by atoms with Crippen molar-refractivity contribution in [2.24, 2.45) is 0 Å². The zero-order chi connectivity index (χ0) is 22.5. The van der Waals surface area contributed by atoms with Crippen molar-refractivity contribution in [2.75, 3.05) is 19.7 Å². The number of ether oxygens (including phenoxy) is 1. The molecule has 0 aliphatic heterocycles. The number of carbonyl (C=O) groups excluding carboxylic acids is 1. The Morgan fingerprint density at radius 2 is 1.63 bits per heavy atom. The van der Waals surface area contributed by atoms with Gasteiger partial charge in [0.1, 0.15) is 5.75 Å². The molecule has 1 N–H and O–H groups in total. The van der Waals surface area contributed by atoms with Crippen LogP contribution in [0.5, 0.6) is 5.75 Å². The van der Waals surface area contributed by atoms with Crippen LogP contribution in [0.1, 0.15) is 49.1 Å². The predicted octanol–water partition coefficient (Wildman–Crippen LogP) is 3.90. The van der Waals surface area contributed by atoms with Crippen molar-refractivity contribution in [3.63, 3.8) is 0 Å². The lowest BCUT2D eigenvalue weighted by atomic mass is 9.96. The fourth-order valence-corrected chi connectivity index (χ4v) is 4.77. The predicted molar refractivity (Wildman–Crippen MR) is 119 cm³/mol. The maximum Gasteiger partial charge on any atom is 0.243 e. The van der Waals surface area contributed by atoms with E-state index in [4.69, 9.17) is 4.74 Å². The maximum absolute atomic E-state index is 13.0. The zero-order valence-corrected chi connectivity index (χ0v) is 19.5. The Kier molecular flexibility index (Phi) is 8.03. The first-order valence-corrected chi connectivity index (χ1v) is 11.6. The molecule has 164 valence electrons. The molecule has 7 heteroatoms. The minimum Gasteiger partial charge on any atom is -0.494 e. The smallest absolute Gasteiger partial charge is 0.243 e. The van der Waals surface area contributed by atoms with Gasteiger partial charge in [0, 0.05) is 6.54 Å². The molecule has 1 amide bonds. The molecule has 0 bridgehead atoms. The highest BCUT2D eigenvalue weighted by molar-refractivity contribution is 7.89. The van der Waals surface area contributed by atoms with Crippen LogP contribution in [0.4, 0.5) is 0 Å². The van der Waals surface area contributed by atoms with Crippen molar-refractivity contribution in [1.29, 1.82) is 0 Å². The normalized spacial score (nSPS) is 12.6. The second-order valence-electron chi connectivity index (χ2n) is 7.42. The number of amides is 1. The van der Waals surface area contributed by atoms with E-state index in [0.29, 0.717) is 12.4 Å². The van der Waals surface area contributed by atoms with E-state index < -0.39 is 10.0 Å². The lowest BCUT2D eigenvalue weighted by molar-refractivity contribution is -0.121. The first-order valence-electron chi connectivity index (χ1n) is 10.2. The van der Waals surface area contributed by atoms with Gasteiger partial charge in [0.05, 0.1) is 24.1 Å². The summed E-state index contributed by atoms with van der Waals surface area (Å²) in [5.74, 6) is 0.270. The van der Waals surface area contributed by atoms with E-state index in [-0.39, 0.29) is 29.9 Å². The standard InChI is InChI=1S/C23H32N2O4S/c1-7-25(30(27,28)21-11-9-20(10-12-21)29-8-2)15-23(26)24-19(6)22-14-17(4)16(3)13-18(22)5/h9-14,19H,7-8,15H2,1-6H3,(H,24,26)/t19-/m0/s1. The van der Waals surface area contributed by atoms with Crippen LogP contribution >= 0.6 is 0 Å². The SMILES string of the molecule is CCOc1ccc(S(=O)(=O)N(CC)CC(=O)N[C@@H](C)c2cc(C)c(C)cc2C)cc1. The molecule has 6 nitrogen and oxygen atoms in total. The summed E-state index contributed by atoms with van der Waals surface area (Å²) in [5.41, 5.74) is 4.49. The summed E-state index contributed by atoms with van der Waals surface area (Å²) in [7, 11) is -3.78. The van der Waals surface area contributed by atoms with E-state index in [1.54, 1.807) is 19.1 Å². The Hall–Kier alpha value is -2.38. The summed E-state index contributed by atoms with van der Waals surface area (Å²) in [4.78, 5) is 12.8. The summed E-state index contributed by atoms with van der Waals surface area (Å²) in [6.07, 6.45) is 0. The molecule has 0 aliphatic carbocycles. The summed E-state index contributed by atoms with van der Waals surface area (Å²) in [5, 5.41) is 2.93. The first-order chi connectivity index (χ1) is 14.1. The van der Waals surface area contributed by atoms with Gasteiger partial charge < -0.3 is 10.1 Å². The van der Waals surface area contributed by atoms with Gasteiger partial charge >= 0.3 is 0 Å². The van der Waals surface area contributed by atoms with Crippen molar-refractivity contribution in [3.05, 3.63) is 58.7 Å². The highest BCUT2D eigenvalue weighted by atomic mass is 32.2. The van der Waals surface area contributed by atoms with Gasteiger partial charge in [-0.2, -0.15) is 4.31 Å². The number of sulfonamides is 1. The Labute approximate surface area is 180 Å². The summed E-state index contributed by atoms with van der Waals surface area (Å²) in [6, 6.07) is 10.2. The molecule has 30 heavy (non-hydrogen) atoms. The topological polar surface area (TPSA) is 75.7 Å². The number of hydrogen-bond acceptors (Lipinski definition) is 4. The third-order valence-electron chi connectivity index (χ3n) is 5.17. The number of hydrogen-bond donors (Lipinski definition) is 1. The molecule has 0 unspecified atom stereocenters. The minimum absolute atomic E-state index is 0.138. The monoisotopic (exact) mass is 432 g/mol. The molecule has 0 radical (unpaired) electrons. The molecule has 2 aromatic rings. The second kappa shape index (κ2) is 10.1. The van der Waals surface area contributed by atoms with Crippen molar-refractivity contribution in [3.8, 4) is 5.75 Å². The molecule has 0 saturated heterocycles. The Balaban J connectivity index is 2.12. The number of nitrogens with zero attached hydrogens (tertiary/aromatic N) is 1. The van der Waals surface area contributed by atoms with Crippen LogP contribution in [0.25, 0.3) is 0 Å². The van der Waals surface area contributed by atoms with E-state index in [1.807, 2.05) is 27.7 Å². The van der Waals surface area contributed by atoms with E-state index in [0.717, 1.165) is 16.7 Å². The summed E-state index contributed by atoms with van der Waals surface area (Å²) >= 11 is 0. The number of rotatable bonds is 9. The number of benzene rings is 2. The highest BCUT2D eigenvalue weighted by Gasteiger charge is 2.26. The van der Waals surface area contributed by atoms with E-state index in [9.17, 15) is 13.2 Å². The molecule has 0 spiro atoms. The second-order valence-corrected chi connectivity index (χ2v) is 9.36. The molecular formula is C23H32N2O4S. The molecule has 0 aliphatic rings. The van der Waals surface area contributed by atoms with E-state index in [1.165, 1.54) is 22.0 Å². The van der Waals surface area contributed by atoms with E-state index >= 15 is 0 Å². The van der Waals surface area contributed by atoms with Gasteiger partial charge in [-0.1, -0.05) is 19.1 Å². The fourth-order valence-electron chi connectivity index (χ4n) is 3.36. The van der Waals surface area contributed by atoms with Gasteiger partial charge in [-0.25, -0.2) is 8.42 Å². The number of carbonyl (C=O) groups is 1. The van der Waals surface area contributed by atoms with Gasteiger partial charge in [-0.3, -0.25) is 4.79 Å². The molecule has 0 fully saturated rings. The number of nitrogens with one attached hydrogen (secondary N) is 1. The minimum atomic E-state index is -3.78. The van der Waals surface area contributed by atoms with Crippen molar-refractivity contribution >= 4 is 15.9 Å². The lowest BCUT2D eigenvalue weighted by Crippen LogP contribution is -2.41. The molecule has 0 aromatic heterocycles. The van der Waals surface area contributed by atoms with Crippen molar-refractivity contribution in [2.45, 2.75) is 52.5 Å². The summed E-state index contributed by atoms with van der Waals surface area (Å²) in [6.45, 7) is 12.1. The van der Waals surface area contributed by atoms with Gasteiger partial charge in [0.2, 0.25) is 15.9 Å². The maximum atomic E-state index is 13.0. The van der Waals surface area contributed by atoms with Crippen LogP contribution in [0.3, 0.4) is 0 Å². The van der Waals surface area contributed by atoms with Crippen LogP contribution in [0.2, 0.25) is 0 Å². The van der Waals surface area contributed by atoms with E-state index in [2.05, 4.69) is 24.4 Å². The summed E-state index contributed by atoms with van der Waals surface area (Å²) < 4.78 is 32.5. The Bertz CT molecular complexity index is 985. The van der Waals surface area contributed by atoms with Crippen LogP contribution in [-0.4, -0.2) is 38.3 Å². The third-order valence-corrected chi connectivity index (χ3v) is 7.11. The van der Waals surface area contributed by atoms with Crippen LogP contribution in [-0.2, 0) is 14.8 Å². The lowest BCUT2D eigenvalue weighted by Gasteiger charge is -2.23. The Morgan fingerprint density at radius 1 is 1.03 bits per heavy atom. The fraction of sp³-hybridized carbons (Fsp3) is 0.435. The average Bonchev–Trinajstić information content (AvgIpc) is 2.69. The highest BCUT2D eigenvalue weighted by Crippen LogP contribution is 2.22. The molecule has 2 rings (SSSR count). The third kappa shape index (κ3) is 5.61. The molecule has 2 aromatic carbocycles. The van der Waals surface area contributed by atoms with Crippen LogP contribution in [0, 0.1) is 20.8 Å². The molecule has 0 heterocycles. The van der Waals surface area contributed by atoms with Gasteiger partial charge in [0.25, 0.3) is 0 Å². The largest absolute Gasteiger partial charge is 0.494 e. The van der Waals surface area contributed by atoms with Gasteiger partial charge in [-0.05, 0) is 81.1 Å². The quantitative estimate of drug-likeness (QED) is 0.652. The van der Waals surface area contributed by atoms with Crippen molar-refractivity contribution in [1.82, 2.24) is 9.62 Å². The number of likely N-dealkylation sites (N-methyl/N-ethyl adjacent to an activating group) is 1. The molecular weight excluding hydrogens is 400 g/mol. The van der Waals surface area contributed by atoms with Crippen LogP contribution < -0.4 is 10.1 Å². The zero-order valence-electron chi connectivity index (χ0n) is 18.7. The van der Waals surface area contributed by atoms with Gasteiger partial charge in [-0.15, -0.1) is 0 Å². The van der Waals surface area contributed by atoms with Gasteiger partial charge in [0.15, 0.2) is 0 Å². The average molecular weight is 433 g/mol. The first kappa shape index (κ1) is 23.9. The number of aryl methyl sites for hydroxylation is 3. The molecule has 1 atom stereocenters. The van der Waals surface area contributed by atoms with Crippen molar-refractivity contribution < 1.29 is 17.9 Å².